The zero-order valence-electron chi connectivity index (χ0n) is 14.7. The first kappa shape index (κ1) is 20.5. The van der Waals surface area contributed by atoms with E-state index in [2.05, 4.69) is 4.98 Å². The number of nitrogens with two attached hydrogens (primary N) is 2. The van der Waals surface area contributed by atoms with Gasteiger partial charge in [-0.05, 0) is 12.1 Å². The summed E-state index contributed by atoms with van der Waals surface area (Å²) >= 11 is 0. The first-order chi connectivity index (χ1) is 12.5. The molecule has 0 radical (unpaired) electrons. The number of carbonyl (C=O) groups is 2. The van der Waals surface area contributed by atoms with Crippen molar-refractivity contribution in [3.05, 3.63) is 36.0 Å². The summed E-state index contributed by atoms with van der Waals surface area (Å²) in [6.07, 6.45) is 1.63. The van der Waals surface area contributed by atoms with Gasteiger partial charge in [-0.15, -0.1) is 0 Å². The largest absolute Gasteiger partial charge is 0.383 e. The molecule has 1 aromatic heterocycles. The highest BCUT2D eigenvalue weighted by Crippen LogP contribution is 2.36. The molecular formula is C17H22N4O3S2. The lowest BCUT2D eigenvalue weighted by molar-refractivity contribution is -0.118. The molecular weight excluding hydrogens is 372 g/mol. The zero-order valence-corrected chi connectivity index (χ0v) is 16.3. The van der Waals surface area contributed by atoms with Crippen LogP contribution in [0.3, 0.4) is 0 Å². The molecule has 2 amide bonds. The highest BCUT2D eigenvalue weighted by molar-refractivity contribution is 8.76. The van der Waals surface area contributed by atoms with Crippen LogP contribution in [-0.4, -0.2) is 60.8 Å². The molecule has 1 aromatic carbocycles. The van der Waals surface area contributed by atoms with Crippen molar-refractivity contribution in [1.29, 1.82) is 0 Å². The van der Waals surface area contributed by atoms with Gasteiger partial charge in [0.05, 0.1) is 23.7 Å². The quantitative estimate of drug-likeness (QED) is 0.620. The van der Waals surface area contributed by atoms with E-state index in [9.17, 15) is 9.59 Å². The third-order valence-electron chi connectivity index (χ3n) is 3.70. The monoisotopic (exact) mass is 394 g/mol. The lowest BCUT2D eigenvalue weighted by atomic mass is 10.1. The molecule has 9 heteroatoms. The van der Waals surface area contributed by atoms with Crippen LogP contribution in [0.15, 0.2) is 35.4 Å². The standard InChI is InChI=1S/C17H22N4O3S2/c1-21(8-9-24-2)17(23)12-6-7-20-15-11(12)4-3-5-14(15)26-25-10-13(18)16(19)22/h3-7,13H,8-10,18H2,1-2H3,(H2,19,22)/t13-/m0/s1. The average molecular weight is 395 g/mol. The van der Waals surface area contributed by atoms with Gasteiger partial charge >= 0.3 is 0 Å². The fourth-order valence-corrected chi connectivity index (χ4v) is 4.50. The van der Waals surface area contributed by atoms with Gasteiger partial charge in [0.15, 0.2) is 0 Å². The van der Waals surface area contributed by atoms with E-state index in [-0.39, 0.29) is 5.91 Å². The first-order valence-electron chi connectivity index (χ1n) is 7.92. The second-order valence-corrected chi connectivity index (χ2v) is 7.99. The molecule has 0 saturated carbocycles. The lowest BCUT2D eigenvalue weighted by Crippen LogP contribution is -2.38. The summed E-state index contributed by atoms with van der Waals surface area (Å²) in [5.41, 5.74) is 12.1. The molecule has 0 unspecified atom stereocenters. The Morgan fingerprint density at radius 2 is 2.12 bits per heavy atom. The minimum Gasteiger partial charge on any atom is -0.383 e. The number of pyridine rings is 1. The molecule has 4 N–H and O–H groups in total. The Balaban J connectivity index is 2.22. The van der Waals surface area contributed by atoms with E-state index in [1.165, 1.54) is 21.6 Å². The second kappa shape index (κ2) is 9.77. The van der Waals surface area contributed by atoms with Crippen LogP contribution in [0.25, 0.3) is 10.9 Å². The summed E-state index contributed by atoms with van der Waals surface area (Å²) in [7, 11) is 6.23. The van der Waals surface area contributed by atoms with Crippen LogP contribution in [0, 0.1) is 0 Å². The van der Waals surface area contributed by atoms with Gasteiger partial charge in [0.25, 0.3) is 5.91 Å². The fourth-order valence-electron chi connectivity index (χ4n) is 2.19. The molecule has 0 bridgehead atoms. The molecule has 7 nitrogen and oxygen atoms in total. The maximum atomic E-state index is 12.7. The van der Waals surface area contributed by atoms with Gasteiger partial charge < -0.3 is 21.1 Å². The van der Waals surface area contributed by atoms with Crippen LogP contribution in [0.5, 0.6) is 0 Å². The van der Waals surface area contributed by atoms with Crippen LogP contribution in [0.4, 0.5) is 0 Å². The van der Waals surface area contributed by atoms with Crippen molar-refractivity contribution in [2.75, 3.05) is 33.1 Å². The van der Waals surface area contributed by atoms with Gasteiger partial charge in [0.1, 0.15) is 0 Å². The number of rotatable bonds is 9. The Kier molecular flexibility index (Phi) is 7.70. The summed E-state index contributed by atoms with van der Waals surface area (Å²) in [5, 5.41) is 0.784. The Morgan fingerprint density at radius 3 is 2.81 bits per heavy atom. The number of nitrogens with zero attached hydrogens (tertiary/aromatic N) is 2. The average Bonchev–Trinajstić information content (AvgIpc) is 2.64. The summed E-state index contributed by atoms with van der Waals surface area (Å²) in [4.78, 5) is 30.7. The highest BCUT2D eigenvalue weighted by Gasteiger charge is 2.17. The van der Waals surface area contributed by atoms with Crippen LogP contribution >= 0.6 is 21.6 Å². The van der Waals surface area contributed by atoms with Crippen LogP contribution in [-0.2, 0) is 9.53 Å². The number of aromatic nitrogens is 1. The smallest absolute Gasteiger partial charge is 0.254 e. The van der Waals surface area contributed by atoms with Gasteiger partial charge in [-0.25, -0.2) is 0 Å². The van der Waals surface area contributed by atoms with Crippen LogP contribution < -0.4 is 11.5 Å². The number of carbonyl (C=O) groups excluding carboxylic acids is 2. The predicted octanol–water partition coefficient (Wildman–Crippen LogP) is 1.51. The van der Waals surface area contributed by atoms with E-state index in [4.69, 9.17) is 16.2 Å². The molecule has 0 saturated heterocycles. The number of methoxy groups -OCH3 is 1. The Bertz CT molecular complexity index is 788. The van der Waals surface area contributed by atoms with E-state index in [1.807, 2.05) is 18.2 Å². The fraction of sp³-hybridized carbons (Fsp3) is 0.353. The van der Waals surface area contributed by atoms with E-state index in [0.29, 0.717) is 24.5 Å². The van der Waals surface area contributed by atoms with Crippen molar-refractivity contribution >= 4 is 44.3 Å². The van der Waals surface area contributed by atoms with Crippen molar-refractivity contribution < 1.29 is 14.3 Å². The first-order valence-corrected chi connectivity index (χ1v) is 10.2. The Labute approximate surface area is 160 Å². The molecule has 26 heavy (non-hydrogen) atoms. The van der Waals surface area contributed by atoms with E-state index in [1.54, 1.807) is 31.3 Å². The van der Waals surface area contributed by atoms with E-state index < -0.39 is 11.9 Å². The Morgan fingerprint density at radius 1 is 1.35 bits per heavy atom. The minimum atomic E-state index is -0.693. The van der Waals surface area contributed by atoms with Crippen LogP contribution in [0.1, 0.15) is 10.4 Å². The number of benzene rings is 1. The molecule has 140 valence electrons. The van der Waals surface area contributed by atoms with Gasteiger partial charge in [-0.2, -0.15) is 0 Å². The van der Waals surface area contributed by atoms with Gasteiger partial charge in [0.2, 0.25) is 5.91 Å². The number of amides is 2. The second-order valence-electron chi connectivity index (χ2n) is 5.61. The molecule has 1 atom stereocenters. The molecule has 0 fully saturated rings. The number of hydrogen-bond acceptors (Lipinski definition) is 7. The Hall–Kier alpha value is -1.81. The van der Waals surface area contributed by atoms with Crippen molar-refractivity contribution in [3.8, 4) is 0 Å². The van der Waals surface area contributed by atoms with Crippen LogP contribution in [0.2, 0.25) is 0 Å². The maximum Gasteiger partial charge on any atom is 0.254 e. The molecule has 2 rings (SSSR count). The minimum absolute atomic E-state index is 0.0833. The van der Waals surface area contributed by atoms with Crippen molar-refractivity contribution in [1.82, 2.24) is 9.88 Å². The molecule has 0 aliphatic carbocycles. The van der Waals surface area contributed by atoms with Gasteiger partial charge in [0, 0.05) is 42.9 Å². The number of para-hydroxylation sites is 1. The number of fused-ring (bicyclic) bond motifs is 1. The summed E-state index contributed by atoms with van der Waals surface area (Å²) in [5.74, 6) is -0.212. The van der Waals surface area contributed by atoms with Crippen molar-refractivity contribution in [3.63, 3.8) is 0 Å². The molecule has 0 aliphatic heterocycles. The number of primary amides is 1. The predicted molar refractivity (Wildman–Crippen MR) is 106 cm³/mol. The number of hydrogen-bond donors (Lipinski definition) is 2. The zero-order chi connectivity index (χ0) is 19.1. The molecule has 1 heterocycles. The maximum absolute atomic E-state index is 12.7. The number of likely N-dealkylation sites (N-methyl/N-ethyl adjacent to an activating group) is 1. The van der Waals surface area contributed by atoms with Gasteiger partial charge in [-0.1, -0.05) is 33.7 Å². The van der Waals surface area contributed by atoms with Crippen molar-refractivity contribution in [2.24, 2.45) is 11.5 Å². The normalized spacial score (nSPS) is 12.1. The molecule has 0 aliphatic rings. The third kappa shape index (κ3) is 5.10. The third-order valence-corrected chi connectivity index (χ3v) is 6.13. The van der Waals surface area contributed by atoms with Gasteiger partial charge in [-0.3, -0.25) is 14.6 Å². The SMILES string of the molecule is COCCN(C)C(=O)c1ccnc2c(SSC[C@H](N)C(N)=O)cccc12. The summed E-state index contributed by atoms with van der Waals surface area (Å²) in [6.45, 7) is 0.984. The highest BCUT2D eigenvalue weighted by atomic mass is 33.1. The van der Waals surface area contributed by atoms with E-state index >= 15 is 0 Å². The summed E-state index contributed by atoms with van der Waals surface area (Å²) in [6, 6.07) is 6.71. The molecule has 2 aromatic rings. The lowest BCUT2D eigenvalue weighted by Gasteiger charge is -2.18. The molecule has 0 spiro atoms. The summed E-state index contributed by atoms with van der Waals surface area (Å²) < 4.78 is 5.03. The number of ether oxygens (including phenoxy) is 1. The topological polar surface area (TPSA) is 112 Å². The van der Waals surface area contributed by atoms with E-state index in [0.717, 1.165) is 15.8 Å². The van der Waals surface area contributed by atoms with Crippen molar-refractivity contribution in [2.45, 2.75) is 10.9 Å².